The number of ether oxygens (including phenoxy) is 3. The summed E-state index contributed by atoms with van der Waals surface area (Å²) in [4.78, 5) is 4.30. The Bertz CT molecular complexity index is 783. The third kappa shape index (κ3) is 6.33. The molecule has 0 aliphatic carbocycles. The van der Waals surface area contributed by atoms with E-state index < -0.39 is 0 Å². The minimum absolute atomic E-state index is 0.226. The van der Waals surface area contributed by atoms with Gasteiger partial charge in [0, 0.05) is 6.54 Å². The van der Waals surface area contributed by atoms with E-state index in [1.165, 1.54) is 6.07 Å². The topological polar surface area (TPSA) is 78.1 Å². The molecule has 2 aromatic carbocycles. The van der Waals surface area contributed by atoms with Crippen molar-refractivity contribution in [3.63, 3.8) is 0 Å². The maximum atomic E-state index is 13.7. The molecule has 7 heteroatoms. The summed E-state index contributed by atoms with van der Waals surface area (Å²) in [6.07, 6.45) is 1.19. The molecule has 0 spiro atoms. The average molecular weight is 389 g/mol. The Morgan fingerprint density at radius 1 is 1.11 bits per heavy atom. The summed E-state index contributed by atoms with van der Waals surface area (Å²) in [5.41, 5.74) is 7.02. The number of guanidine groups is 1. The van der Waals surface area contributed by atoms with E-state index >= 15 is 0 Å². The first-order valence-corrected chi connectivity index (χ1v) is 9.23. The fraction of sp³-hybridized carbons (Fsp3) is 0.381. The minimum Gasteiger partial charge on any atom is -0.493 e. The number of nitrogens with one attached hydrogen (secondary N) is 1. The SMILES string of the molecule is CCC(CN=C(N)NCCc1ccc(OC)c(OC)c1)Oc1ccccc1F. The number of hydrogen-bond donors (Lipinski definition) is 2. The molecule has 152 valence electrons. The van der Waals surface area contributed by atoms with Crippen LogP contribution in [-0.4, -0.2) is 39.4 Å². The van der Waals surface area contributed by atoms with Crippen LogP contribution in [0.5, 0.6) is 17.2 Å². The monoisotopic (exact) mass is 389 g/mol. The van der Waals surface area contributed by atoms with Crippen LogP contribution in [0.3, 0.4) is 0 Å². The van der Waals surface area contributed by atoms with Crippen LogP contribution < -0.4 is 25.3 Å². The third-order valence-corrected chi connectivity index (χ3v) is 4.22. The van der Waals surface area contributed by atoms with Crippen LogP contribution in [0.2, 0.25) is 0 Å². The summed E-state index contributed by atoms with van der Waals surface area (Å²) in [7, 11) is 3.22. The molecule has 2 aromatic rings. The van der Waals surface area contributed by atoms with Crippen LogP contribution in [0.4, 0.5) is 4.39 Å². The standard InChI is InChI=1S/C21H28FN3O3/c1-4-16(28-18-8-6-5-7-17(18)22)14-25-21(23)24-12-11-15-9-10-19(26-2)20(13-15)27-3/h5-10,13,16H,4,11-12,14H2,1-3H3,(H3,23,24,25). The molecule has 0 radical (unpaired) electrons. The number of aliphatic imine (C=N–C) groups is 1. The van der Waals surface area contributed by atoms with E-state index in [1.54, 1.807) is 32.4 Å². The fourth-order valence-electron chi connectivity index (χ4n) is 2.60. The number of nitrogens with two attached hydrogens (primary N) is 1. The van der Waals surface area contributed by atoms with Crippen LogP contribution in [0.25, 0.3) is 0 Å². The highest BCUT2D eigenvalue weighted by atomic mass is 19.1. The molecule has 2 rings (SSSR count). The van der Waals surface area contributed by atoms with Gasteiger partial charge in [-0.25, -0.2) is 9.38 Å². The van der Waals surface area contributed by atoms with Crippen molar-refractivity contribution in [2.75, 3.05) is 27.3 Å². The number of methoxy groups -OCH3 is 2. The van der Waals surface area contributed by atoms with E-state index in [4.69, 9.17) is 19.9 Å². The van der Waals surface area contributed by atoms with Crippen molar-refractivity contribution in [2.45, 2.75) is 25.9 Å². The molecule has 0 aliphatic rings. The molecule has 1 atom stereocenters. The van der Waals surface area contributed by atoms with Crippen molar-refractivity contribution in [1.82, 2.24) is 5.32 Å². The lowest BCUT2D eigenvalue weighted by Crippen LogP contribution is -2.34. The molecule has 0 aliphatic heterocycles. The van der Waals surface area contributed by atoms with E-state index in [0.29, 0.717) is 37.0 Å². The summed E-state index contributed by atoms with van der Waals surface area (Å²) in [6, 6.07) is 12.1. The Hall–Kier alpha value is -2.96. The number of hydrogen-bond acceptors (Lipinski definition) is 4. The number of halogens is 1. The maximum Gasteiger partial charge on any atom is 0.188 e. The number of benzene rings is 2. The van der Waals surface area contributed by atoms with Gasteiger partial charge in [-0.2, -0.15) is 0 Å². The van der Waals surface area contributed by atoms with E-state index in [0.717, 1.165) is 12.0 Å². The zero-order valence-electron chi connectivity index (χ0n) is 16.6. The largest absolute Gasteiger partial charge is 0.493 e. The highest BCUT2D eigenvalue weighted by Gasteiger charge is 2.11. The maximum absolute atomic E-state index is 13.7. The molecule has 0 aromatic heterocycles. The smallest absolute Gasteiger partial charge is 0.188 e. The fourth-order valence-corrected chi connectivity index (χ4v) is 2.60. The number of para-hydroxylation sites is 1. The normalized spacial score (nSPS) is 12.4. The average Bonchev–Trinajstić information content (AvgIpc) is 2.72. The van der Waals surface area contributed by atoms with E-state index in [2.05, 4.69) is 10.3 Å². The Morgan fingerprint density at radius 3 is 2.54 bits per heavy atom. The van der Waals surface area contributed by atoms with Gasteiger partial charge in [0.05, 0.1) is 20.8 Å². The first kappa shape index (κ1) is 21.3. The van der Waals surface area contributed by atoms with E-state index in [1.807, 2.05) is 25.1 Å². The highest BCUT2D eigenvalue weighted by molar-refractivity contribution is 5.77. The molecular weight excluding hydrogens is 361 g/mol. The third-order valence-electron chi connectivity index (χ3n) is 4.22. The second-order valence-corrected chi connectivity index (χ2v) is 6.17. The lowest BCUT2D eigenvalue weighted by atomic mass is 10.1. The van der Waals surface area contributed by atoms with Gasteiger partial charge in [0.1, 0.15) is 6.10 Å². The zero-order chi connectivity index (χ0) is 20.4. The molecule has 0 heterocycles. The van der Waals surface area contributed by atoms with Crippen LogP contribution in [-0.2, 0) is 6.42 Å². The van der Waals surface area contributed by atoms with Gasteiger partial charge in [-0.3, -0.25) is 0 Å². The molecule has 28 heavy (non-hydrogen) atoms. The van der Waals surface area contributed by atoms with Gasteiger partial charge in [-0.15, -0.1) is 0 Å². The second kappa shape index (κ2) is 11.0. The van der Waals surface area contributed by atoms with Gasteiger partial charge in [0.2, 0.25) is 0 Å². The lowest BCUT2D eigenvalue weighted by Gasteiger charge is -2.16. The summed E-state index contributed by atoms with van der Waals surface area (Å²) in [6.45, 7) is 2.93. The number of nitrogens with zero attached hydrogens (tertiary/aromatic N) is 1. The van der Waals surface area contributed by atoms with Crippen molar-refractivity contribution >= 4 is 5.96 Å². The molecule has 3 N–H and O–H groups in total. The van der Waals surface area contributed by atoms with Gasteiger partial charge >= 0.3 is 0 Å². The van der Waals surface area contributed by atoms with Crippen molar-refractivity contribution in [1.29, 1.82) is 0 Å². The van der Waals surface area contributed by atoms with Gasteiger partial charge in [-0.1, -0.05) is 25.1 Å². The molecule has 6 nitrogen and oxygen atoms in total. The summed E-state index contributed by atoms with van der Waals surface area (Å²) >= 11 is 0. The number of rotatable bonds is 10. The predicted octanol–water partition coefficient (Wildman–Crippen LogP) is 3.15. The van der Waals surface area contributed by atoms with Gasteiger partial charge < -0.3 is 25.3 Å². The second-order valence-electron chi connectivity index (χ2n) is 6.17. The van der Waals surface area contributed by atoms with E-state index in [9.17, 15) is 4.39 Å². The highest BCUT2D eigenvalue weighted by Crippen LogP contribution is 2.27. The Balaban J connectivity index is 1.82. The summed E-state index contributed by atoms with van der Waals surface area (Å²) in [5, 5.41) is 3.08. The molecule has 0 bridgehead atoms. The van der Waals surface area contributed by atoms with Crippen LogP contribution >= 0.6 is 0 Å². The summed E-state index contributed by atoms with van der Waals surface area (Å²) in [5.74, 6) is 1.56. The first-order chi connectivity index (χ1) is 13.6. The van der Waals surface area contributed by atoms with Crippen LogP contribution in [0.1, 0.15) is 18.9 Å². The van der Waals surface area contributed by atoms with Crippen molar-refractivity contribution in [2.24, 2.45) is 10.7 Å². The van der Waals surface area contributed by atoms with Crippen molar-refractivity contribution in [3.8, 4) is 17.2 Å². The quantitative estimate of drug-likeness (QED) is 0.482. The molecule has 1 unspecified atom stereocenters. The Labute approximate surface area is 165 Å². The van der Waals surface area contributed by atoms with Gasteiger partial charge in [0.15, 0.2) is 29.0 Å². The minimum atomic E-state index is -0.383. The van der Waals surface area contributed by atoms with Crippen LogP contribution in [0.15, 0.2) is 47.5 Å². The van der Waals surface area contributed by atoms with Crippen molar-refractivity contribution < 1.29 is 18.6 Å². The molecular formula is C21H28FN3O3. The summed E-state index contributed by atoms with van der Waals surface area (Å²) < 4.78 is 29.9. The predicted molar refractivity (Wildman–Crippen MR) is 109 cm³/mol. The zero-order valence-corrected chi connectivity index (χ0v) is 16.6. The lowest BCUT2D eigenvalue weighted by molar-refractivity contribution is 0.197. The molecule has 0 fully saturated rings. The van der Waals surface area contributed by atoms with E-state index in [-0.39, 0.29) is 17.7 Å². The van der Waals surface area contributed by atoms with Gasteiger partial charge in [0.25, 0.3) is 0 Å². The Morgan fingerprint density at radius 2 is 1.86 bits per heavy atom. The Kier molecular flexibility index (Phi) is 8.39. The van der Waals surface area contributed by atoms with Crippen LogP contribution in [0, 0.1) is 5.82 Å². The molecule has 0 amide bonds. The molecule has 0 saturated heterocycles. The molecule has 0 saturated carbocycles. The first-order valence-electron chi connectivity index (χ1n) is 9.23. The van der Waals surface area contributed by atoms with Gasteiger partial charge in [-0.05, 0) is 42.7 Å². The van der Waals surface area contributed by atoms with Crippen molar-refractivity contribution in [3.05, 3.63) is 53.8 Å².